The highest BCUT2D eigenvalue weighted by Crippen LogP contribution is 2.15. The van der Waals surface area contributed by atoms with Gasteiger partial charge in [0.1, 0.15) is 5.75 Å². The Morgan fingerprint density at radius 2 is 1.68 bits per heavy atom. The van der Waals surface area contributed by atoms with Gasteiger partial charge in [-0.15, -0.1) is 5.01 Å². The Labute approximate surface area is 160 Å². The molecule has 0 saturated heterocycles. The molecule has 1 aromatic carbocycles. The van der Waals surface area contributed by atoms with Gasteiger partial charge in [-0.3, -0.25) is 5.41 Å². The molecule has 2 rings (SSSR count). The first-order chi connectivity index (χ1) is 11.7. The molecule has 25 heavy (non-hydrogen) atoms. The normalized spacial score (nSPS) is 9.96. The first-order valence-electron chi connectivity index (χ1n) is 8.13. The van der Waals surface area contributed by atoms with Gasteiger partial charge >= 0.3 is 0 Å². The van der Waals surface area contributed by atoms with E-state index in [0.717, 1.165) is 38.0 Å². The Kier molecular flexibility index (Phi) is 9.73. The molecule has 1 aromatic heterocycles. The van der Waals surface area contributed by atoms with Gasteiger partial charge in [-0.05, 0) is 43.5 Å². The Morgan fingerprint density at radius 3 is 2.32 bits per heavy atom. The average Bonchev–Trinajstić information content (AvgIpc) is 2.59. The summed E-state index contributed by atoms with van der Waals surface area (Å²) in [4.78, 5) is 0. The number of halogens is 2. The zero-order chi connectivity index (χ0) is 17.2. The minimum atomic E-state index is 0. The highest BCUT2D eigenvalue weighted by Gasteiger charge is 2.15. The molecule has 0 spiro atoms. The van der Waals surface area contributed by atoms with E-state index in [1.807, 2.05) is 59.5 Å². The van der Waals surface area contributed by atoms with Crippen molar-refractivity contribution < 1.29 is 21.8 Å². The molecular formula is C18H24Cl2N4O. The zero-order valence-corrected chi connectivity index (χ0v) is 15.6. The summed E-state index contributed by atoms with van der Waals surface area (Å²) in [7, 11) is 0. The first-order valence-corrected chi connectivity index (χ1v) is 8.51. The van der Waals surface area contributed by atoms with Crippen LogP contribution < -0.4 is 32.6 Å². The fourth-order valence-corrected chi connectivity index (χ4v) is 2.47. The molecule has 0 aliphatic heterocycles. The summed E-state index contributed by atoms with van der Waals surface area (Å²) >= 11 is 5.84. The lowest BCUT2D eigenvalue weighted by Crippen LogP contribution is -3.00. The average molecular weight is 383 g/mol. The number of hydrogen-bond donors (Lipinski definition) is 2. The Balaban J connectivity index is 0.00000312. The third-order valence-electron chi connectivity index (χ3n) is 3.60. The van der Waals surface area contributed by atoms with E-state index in [0.29, 0.717) is 11.6 Å². The predicted octanol–water partition coefficient (Wildman–Crippen LogP) is 0.102. The minimum absolute atomic E-state index is 0. The molecule has 7 heteroatoms. The van der Waals surface area contributed by atoms with E-state index in [-0.39, 0.29) is 18.4 Å². The largest absolute Gasteiger partial charge is 1.00 e. The second-order valence-corrected chi connectivity index (χ2v) is 5.92. The number of ether oxygens (including phenoxy) is 1. The van der Waals surface area contributed by atoms with Crippen molar-refractivity contribution in [2.24, 2.45) is 5.73 Å². The molecule has 136 valence electrons. The highest BCUT2D eigenvalue weighted by molar-refractivity contribution is 6.30. The summed E-state index contributed by atoms with van der Waals surface area (Å²) < 4.78 is 7.51. The minimum Gasteiger partial charge on any atom is -1.00 e. The predicted molar refractivity (Wildman–Crippen MR) is 97.1 cm³/mol. The highest BCUT2D eigenvalue weighted by atomic mass is 35.5. The standard InChI is InChI=1S/C18H24ClN4O.ClH/c19-16-8-10-17(11-9-16)24-15-7-2-1-6-14-23(18(20)21)22-12-4-3-5-13-22;/h3-5,8-13H,1-2,6-7,14-15H2,(H3,20,21);1H/q+1;/p-1. The van der Waals surface area contributed by atoms with Crippen LogP contribution in [0.1, 0.15) is 25.7 Å². The monoisotopic (exact) mass is 382 g/mol. The molecule has 1 heterocycles. The molecule has 0 unspecified atom stereocenters. The van der Waals surface area contributed by atoms with Crippen LogP contribution in [0.5, 0.6) is 5.75 Å². The third-order valence-corrected chi connectivity index (χ3v) is 3.86. The summed E-state index contributed by atoms with van der Waals surface area (Å²) in [6.07, 6.45) is 7.91. The van der Waals surface area contributed by atoms with E-state index in [1.165, 1.54) is 0 Å². The van der Waals surface area contributed by atoms with Crippen molar-refractivity contribution in [3.63, 3.8) is 0 Å². The lowest BCUT2D eigenvalue weighted by Gasteiger charge is -2.15. The molecule has 0 aliphatic rings. The summed E-state index contributed by atoms with van der Waals surface area (Å²) in [5, 5.41) is 10.2. The van der Waals surface area contributed by atoms with Crippen LogP contribution in [0.4, 0.5) is 0 Å². The number of guanidine groups is 1. The van der Waals surface area contributed by atoms with Crippen molar-refractivity contribution in [1.29, 1.82) is 5.41 Å². The van der Waals surface area contributed by atoms with Crippen molar-refractivity contribution in [1.82, 2.24) is 0 Å². The SMILES string of the molecule is N=C(N)N(CCCCCCOc1ccc(Cl)cc1)[n+]1ccccc1.[Cl-]. The number of pyridine rings is 1. The van der Waals surface area contributed by atoms with Gasteiger partial charge in [-0.25, -0.2) is 0 Å². The molecule has 0 aliphatic carbocycles. The maximum absolute atomic E-state index is 7.70. The fourth-order valence-electron chi connectivity index (χ4n) is 2.35. The van der Waals surface area contributed by atoms with Crippen LogP contribution in [0.25, 0.3) is 0 Å². The quantitative estimate of drug-likeness (QED) is 0.280. The molecule has 0 amide bonds. The number of nitrogens with one attached hydrogen (secondary N) is 1. The molecular weight excluding hydrogens is 359 g/mol. The Bertz CT molecular complexity index is 623. The zero-order valence-electron chi connectivity index (χ0n) is 14.1. The van der Waals surface area contributed by atoms with Crippen LogP contribution in [-0.2, 0) is 0 Å². The maximum atomic E-state index is 7.70. The number of unbranched alkanes of at least 4 members (excludes halogenated alkanes) is 3. The number of hydrogen-bond acceptors (Lipinski definition) is 2. The van der Waals surface area contributed by atoms with Crippen molar-refractivity contribution >= 4 is 17.6 Å². The van der Waals surface area contributed by atoms with Crippen molar-refractivity contribution in [2.45, 2.75) is 25.7 Å². The van der Waals surface area contributed by atoms with Gasteiger partial charge in [-0.2, -0.15) is 0 Å². The first kappa shape index (κ1) is 21.1. The fraction of sp³-hybridized carbons (Fsp3) is 0.333. The number of rotatable bonds is 9. The lowest BCUT2D eigenvalue weighted by molar-refractivity contribution is -0.681. The number of aromatic nitrogens is 1. The van der Waals surface area contributed by atoms with Crippen LogP contribution in [0.2, 0.25) is 5.02 Å². The third kappa shape index (κ3) is 7.63. The number of nitrogens with zero attached hydrogens (tertiary/aromatic N) is 2. The molecule has 3 N–H and O–H groups in total. The summed E-state index contributed by atoms with van der Waals surface area (Å²) in [6.45, 7) is 1.42. The van der Waals surface area contributed by atoms with Gasteiger partial charge in [-0.1, -0.05) is 28.8 Å². The molecule has 0 saturated carbocycles. The van der Waals surface area contributed by atoms with E-state index in [9.17, 15) is 0 Å². The van der Waals surface area contributed by atoms with Crippen LogP contribution in [0, 0.1) is 5.41 Å². The molecule has 5 nitrogen and oxygen atoms in total. The van der Waals surface area contributed by atoms with Gasteiger partial charge in [0.05, 0.1) is 13.2 Å². The van der Waals surface area contributed by atoms with Gasteiger partial charge in [0.15, 0.2) is 12.4 Å². The second kappa shape index (κ2) is 11.6. The molecule has 2 aromatic rings. The molecule has 0 fully saturated rings. The van der Waals surface area contributed by atoms with E-state index >= 15 is 0 Å². The number of nitrogens with two attached hydrogens (primary N) is 1. The molecule has 0 radical (unpaired) electrons. The smallest absolute Gasteiger partial charge is 0.246 e. The summed E-state index contributed by atoms with van der Waals surface area (Å²) in [5.41, 5.74) is 5.67. The van der Waals surface area contributed by atoms with Crippen LogP contribution in [-0.4, -0.2) is 19.1 Å². The molecule has 0 bridgehead atoms. The Morgan fingerprint density at radius 1 is 1.04 bits per heavy atom. The second-order valence-electron chi connectivity index (χ2n) is 5.48. The van der Waals surface area contributed by atoms with E-state index in [2.05, 4.69) is 0 Å². The van der Waals surface area contributed by atoms with Crippen LogP contribution in [0.3, 0.4) is 0 Å². The van der Waals surface area contributed by atoms with Crippen molar-refractivity contribution in [2.75, 3.05) is 18.2 Å². The van der Waals surface area contributed by atoms with E-state index in [1.54, 1.807) is 5.01 Å². The topological polar surface area (TPSA) is 66.2 Å². The van der Waals surface area contributed by atoms with Gasteiger partial charge in [0.2, 0.25) is 5.96 Å². The van der Waals surface area contributed by atoms with Crippen molar-refractivity contribution in [3.8, 4) is 5.75 Å². The van der Waals surface area contributed by atoms with E-state index in [4.69, 9.17) is 27.5 Å². The number of benzene rings is 1. The maximum Gasteiger partial charge on any atom is 0.246 e. The van der Waals surface area contributed by atoms with Crippen LogP contribution in [0.15, 0.2) is 54.9 Å². The summed E-state index contributed by atoms with van der Waals surface area (Å²) in [6, 6.07) is 13.2. The van der Waals surface area contributed by atoms with Gasteiger partial charge < -0.3 is 22.9 Å². The van der Waals surface area contributed by atoms with Crippen LogP contribution >= 0.6 is 11.6 Å². The van der Waals surface area contributed by atoms with Gasteiger partial charge in [0, 0.05) is 17.2 Å². The Hall–Kier alpha value is -1.98. The van der Waals surface area contributed by atoms with Crippen molar-refractivity contribution in [3.05, 3.63) is 59.9 Å². The van der Waals surface area contributed by atoms with E-state index < -0.39 is 0 Å². The lowest BCUT2D eigenvalue weighted by atomic mass is 10.2. The summed E-state index contributed by atoms with van der Waals surface area (Å²) in [5.74, 6) is 0.903. The van der Waals surface area contributed by atoms with Gasteiger partial charge in [0.25, 0.3) is 0 Å². The molecule has 0 atom stereocenters.